The SMILES string of the molecule is Nc1ccncc1C1CCOC2(CCOC2)C1. The van der Waals surface area contributed by atoms with E-state index in [1.54, 1.807) is 6.20 Å². The highest BCUT2D eigenvalue weighted by Crippen LogP contribution is 2.41. The van der Waals surface area contributed by atoms with Crippen LogP contribution in [0.25, 0.3) is 0 Å². The van der Waals surface area contributed by atoms with Gasteiger partial charge in [-0.15, -0.1) is 0 Å². The van der Waals surface area contributed by atoms with Crippen molar-refractivity contribution >= 4 is 5.69 Å². The molecule has 0 aromatic carbocycles. The molecule has 2 N–H and O–H groups in total. The number of hydrogen-bond acceptors (Lipinski definition) is 4. The van der Waals surface area contributed by atoms with Gasteiger partial charge in [0.05, 0.1) is 12.2 Å². The second-order valence-electron chi connectivity index (χ2n) is 5.03. The van der Waals surface area contributed by atoms with E-state index >= 15 is 0 Å². The van der Waals surface area contributed by atoms with Crippen molar-refractivity contribution in [3.63, 3.8) is 0 Å². The zero-order chi connectivity index (χ0) is 11.7. The molecule has 2 aliphatic heterocycles. The molecule has 2 atom stereocenters. The molecule has 0 amide bonds. The highest BCUT2D eigenvalue weighted by Gasteiger charge is 2.41. The predicted molar refractivity (Wildman–Crippen MR) is 64.7 cm³/mol. The van der Waals surface area contributed by atoms with Crippen LogP contribution >= 0.6 is 0 Å². The number of aromatic nitrogens is 1. The number of rotatable bonds is 1. The van der Waals surface area contributed by atoms with Crippen LogP contribution in [0, 0.1) is 0 Å². The van der Waals surface area contributed by atoms with E-state index in [2.05, 4.69) is 4.98 Å². The average Bonchev–Trinajstić information content (AvgIpc) is 2.78. The summed E-state index contributed by atoms with van der Waals surface area (Å²) in [5, 5.41) is 0. The molecule has 4 nitrogen and oxygen atoms in total. The molecule has 92 valence electrons. The Morgan fingerprint density at radius 1 is 1.41 bits per heavy atom. The number of nitrogen functional groups attached to an aromatic ring is 1. The molecule has 0 radical (unpaired) electrons. The molecular weight excluding hydrogens is 216 g/mol. The third-order valence-electron chi connectivity index (χ3n) is 3.89. The molecule has 2 aliphatic rings. The van der Waals surface area contributed by atoms with E-state index in [9.17, 15) is 0 Å². The smallest absolute Gasteiger partial charge is 0.0942 e. The molecule has 0 bridgehead atoms. The summed E-state index contributed by atoms with van der Waals surface area (Å²) in [5.41, 5.74) is 7.98. The zero-order valence-electron chi connectivity index (χ0n) is 9.89. The number of nitrogens with two attached hydrogens (primary N) is 1. The highest BCUT2D eigenvalue weighted by molar-refractivity contribution is 5.46. The van der Waals surface area contributed by atoms with Gasteiger partial charge in [0.1, 0.15) is 0 Å². The first kappa shape index (κ1) is 11.0. The molecule has 1 spiro atoms. The monoisotopic (exact) mass is 234 g/mol. The summed E-state index contributed by atoms with van der Waals surface area (Å²) < 4.78 is 11.4. The summed E-state index contributed by atoms with van der Waals surface area (Å²) in [7, 11) is 0. The fourth-order valence-electron chi connectivity index (χ4n) is 2.92. The normalized spacial score (nSPS) is 33.1. The van der Waals surface area contributed by atoms with Crippen LogP contribution < -0.4 is 5.73 Å². The Morgan fingerprint density at radius 2 is 2.35 bits per heavy atom. The lowest BCUT2D eigenvalue weighted by Gasteiger charge is -2.37. The van der Waals surface area contributed by atoms with Crippen molar-refractivity contribution in [1.82, 2.24) is 4.98 Å². The Bertz CT molecular complexity index is 402. The zero-order valence-corrected chi connectivity index (χ0v) is 9.89. The molecule has 17 heavy (non-hydrogen) atoms. The van der Waals surface area contributed by atoms with Crippen molar-refractivity contribution in [2.75, 3.05) is 25.6 Å². The molecule has 4 heteroatoms. The molecule has 2 fully saturated rings. The van der Waals surface area contributed by atoms with E-state index in [0.29, 0.717) is 5.92 Å². The molecular formula is C13H18N2O2. The van der Waals surface area contributed by atoms with Crippen molar-refractivity contribution < 1.29 is 9.47 Å². The Hall–Kier alpha value is -1.13. The third-order valence-corrected chi connectivity index (χ3v) is 3.89. The van der Waals surface area contributed by atoms with Gasteiger partial charge in [0.15, 0.2) is 0 Å². The van der Waals surface area contributed by atoms with Crippen molar-refractivity contribution in [2.45, 2.75) is 30.8 Å². The van der Waals surface area contributed by atoms with Gasteiger partial charge < -0.3 is 15.2 Å². The summed E-state index contributed by atoms with van der Waals surface area (Å²) in [6, 6.07) is 1.88. The van der Waals surface area contributed by atoms with Gasteiger partial charge in [0, 0.05) is 37.7 Å². The molecule has 2 saturated heterocycles. The summed E-state index contributed by atoms with van der Waals surface area (Å²) in [4.78, 5) is 4.18. The van der Waals surface area contributed by atoms with Crippen LogP contribution in [0.5, 0.6) is 0 Å². The molecule has 0 aliphatic carbocycles. The number of nitrogens with zero attached hydrogens (tertiary/aromatic N) is 1. The minimum Gasteiger partial charge on any atom is -0.398 e. The Labute approximate surface area is 101 Å². The van der Waals surface area contributed by atoms with Crippen LogP contribution in [0.4, 0.5) is 5.69 Å². The Balaban J connectivity index is 1.82. The maximum absolute atomic E-state index is 6.03. The summed E-state index contributed by atoms with van der Waals surface area (Å²) in [6.45, 7) is 2.33. The lowest BCUT2D eigenvalue weighted by Crippen LogP contribution is -2.39. The highest BCUT2D eigenvalue weighted by atomic mass is 16.6. The van der Waals surface area contributed by atoms with Gasteiger partial charge in [-0.1, -0.05) is 0 Å². The van der Waals surface area contributed by atoms with Crippen LogP contribution in [0.1, 0.15) is 30.7 Å². The van der Waals surface area contributed by atoms with Gasteiger partial charge in [-0.3, -0.25) is 4.98 Å². The molecule has 1 aromatic rings. The Kier molecular flexibility index (Phi) is 2.76. The van der Waals surface area contributed by atoms with Crippen LogP contribution in [-0.4, -0.2) is 30.4 Å². The maximum atomic E-state index is 6.03. The van der Waals surface area contributed by atoms with E-state index in [1.807, 2.05) is 12.3 Å². The van der Waals surface area contributed by atoms with E-state index in [4.69, 9.17) is 15.2 Å². The number of anilines is 1. The summed E-state index contributed by atoms with van der Waals surface area (Å²) >= 11 is 0. The quantitative estimate of drug-likeness (QED) is 0.803. The molecule has 0 saturated carbocycles. The van der Waals surface area contributed by atoms with Gasteiger partial charge in [-0.2, -0.15) is 0 Å². The standard InChI is InChI=1S/C13H18N2O2/c14-12-1-4-15-8-11(12)10-2-5-17-13(7-10)3-6-16-9-13/h1,4,8,10H,2-3,5-7,9H2,(H2,14,15). The number of hydrogen-bond donors (Lipinski definition) is 1. The van der Waals surface area contributed by atoms with E-state index in [-0.39, 0.29) is 5.60 Å². The lowest BCUT2D eigenvalue weighted by molar-refractivity contribution is -0.0863. The fourth-order valence-corrected chi connectivity index (χ4v) is 2.92. The third kappa shape index (κ3) is 2.03. The first-order valence-corrected chi connectivity index (χ1v) is 6.20. The van der Waals surface area contributed by atoms with Crippen LogP contribution in [0.3, 0.4) is 0 Å². The van der Waals surface area contributed by atoms with Gasteiger partial charge >= 0.3 is 0 Å². The minimum absolute atomic E-state index is 0.0643. The first-order valence-electron chi connectivity index (χ1n) is 6.20. The molecule has 1 aromatic heterocycles. The summed E-state index contributed by atoms with van der Waals surface area (Å²) in [5.74, 6) is 0.458. The van der Waals surface area contributed by atoms with E-state index < -0.39 is 0 Å². The van der Waals surface area contributed by atoms with Crippen molar-refractivity contribution in [1.29, 1.82) is 0 Å². The average molecular weight is 234 g/mol. The minimum atomic E-state index is -0.0643. The van der Waals surface area contributed by atoms with Crippen molar-refractivity contribution in [2.24, 2.45) is 0 Å². The van der Waals surface area contributed by atoms with E-state index in [0.717, 1.165) is 44.8 Å². The largest absolute Gasteiger partial charge is 0.398 e. The molecule has 2 unspecified atom stereocenters. The van der Waals surface area contributed by atoms with Gasteiger partial charge in [0.2, 0.25) is 0 Å². The van der Waals surface area contributed by atoms with Crippen LogP contribution in [0.2, 0.25) is 0 Å². The van der Waals surface area contributed by atoms with Crippen molar-refractivity contribution in [3.8, 4) is 0 Å². The van der Waals surface area contributed by atoms with Crippen LogP contribution in [0.15, 0.2) is 18.5 Å². The van der Waals surface area contributed by atoms with Gasteiger partial charge in [0.25, 0.3) is 0 Å². The van der Waals surface area contributed by atoms with E-state index in [1.165, 1.54) is 5.56 Å². The number of pyridine rings is 1. The second-order valence-corrected chi connectivity index (χ2v) is 5.03. The topological polar surface area (TPSA) is 57.4 Å². The first-order chi connectivity index (χ1) is 8.29. The summed E-state index contributed by atoms with van der Waals surface area (Å²) in [6.07, 6.45) is 6.67. The second kappa shape index (κ2) is 4.27. The fraction of sp³-hybridized carbons (Fsp3) is 0.615. The Morgan fingerprint density at radius 3 is 3.12 bits per heavy atom. The van der Waals surface area contributed by atoms with Crippen molar-refractivity contribution in [3.05, 3.63) is 24.0 Å². The maximum Gasteiger partial charge on any atom is 0.0942 e. The molecule has 3 rings (SSSR count). The van der Waals surface area contributed by atoms with Gasteiger partial charge in [-0.05, 0) is 30.4 Å². The number of ether oxygens (including phenoxy) is 2. The predicted octanol–water partition coefficient (Wildman–Crippen LogP) is 1.72. The van der Waals surface area contributed by atoms with Crippen LogP contribution in [-0.2, 0) is 9.47 Å². The lowest BCUT2D eigenvalue weighted by atomic mass is 9.81. The molecule has 3 heterocycles. The van der Waals surface area contributed by atoms with Gasteiger partial charge in [-0.25, -0.2) is 0 Å².